The summed E-state index contributed by atoms with van der Waals surface area (Å²) in [6.45, 7) is -0.0507. The Hall–Kier alpha value is -3.73. The third kappa shape index (κ3) is 4.40. The predicted molar refractivity (Wildman–Crippen MR) is 109 cm³/mol. The van der Waals surface area contributed by atoms with E-state index in [1.165, 1.54) is 18.7 Å². The highest BCUT2D eigenvalue weighted by Gasteiger charge is 2.42. The average Bonchev–Trinajstić information content (AvgIpc) is 2.79. The second-order valence-corrected chi connectivity index (χ2v) is 7.52. The van der Waals surface area contributed by atoms with Crippen LogP contribution in [0.15, 0.2) is 61.2 Å². The monoisotopic (exact) mass is 419 g/mol. The second kappa shape index (κ2) is 8.56. The number of hydrogen-bond donors (Lipinski definition) is 0. The lowest BCUT2D eigenvalue weighted by molar-refractivity contribution is -0.0258. The van der Waals surface area contributed by atoms with Crippen molar-refractivity contribution < 1.29 is 13.6 Å². The highest BCUT2D eigenvalue weighted by atomic mass is 19.2. The zero-order valence-electron chi connectivity index (χ0n) is 16.6. The molecule has 1 aromatic carbocycles. The molecule has 3 heterocycles. The Bertz CT molecular complexity index is 1120. The van der Waals surface area contributed by atoms with E-state index in [9.17, 15) is 4.79 Å². The van der Waals surface area contributed by atoms with Gasteiger partial charge in [0, 0.05) is 31.8 Å². The van der Waals surface area contributed by atoms with Crippen LogP contribution in [0.2, 0.25) is 0 Å². The summed E-state index contributed by atoms with van der Waals surface area (Å²) in [4.78, 5) is 26.4. The SMILES string of the molecule is N#Cc1ccc(CC2(F)CCN(C(=O)c3cccnc3-c3ccncn3)C(F)C2)cc1. The normalized spacial score (nSPS) is 20.8. The number of halogens is 2. The molecule has 1 aliphatic rings. The molecule has 1 aliphatic heterocycles. The molecule has 8 heteroatoms. The molecular weight excluding hydrogens is 400 g/mol. The van der Waals surface area contributed by atoms with Crippen molar-refractivity contribution in [1.29, 1.82) is 5.26 Å². The molecule has 1 amide bonds. The minimum absolute atomic E-state index is 0.0161. The summed E-state index contributed by atoms with van der Waals surface area (Å²) in [5, 5.41) is 8.88. The van der Waals surface area contributed by atoms with Gasteiger partial charge in [0.15, 0.2) is 6.30 Å². The molecule has 3 aromatic rings. The first-order chi connectivity index (χ1) is 15.0. The maximum atomic E-state index is 15.4. The van der Waals surface area contributed by atoms with Gasteiger partial charge in [-0.2, -0.15) is 5.26 Å². The van der Waals surface area contributed by atoms with Crippen molar-refractivity contribution in [1.82, 2.24) is 19.9 Å². The van der Waals surface area contributed by atoms with Crippen LogP contribution in [0.1, 0.15) is 34.3 Å². The number of hydrogen-bond acceptors (Lipinski definition) is 5. The molecular formula is C23H19F2N5O. The van der Waals surface area contributed by atoms with Gasteiger partial charge < -0.3 is 4.90 Å². The van der Waals surface area contributed by atoms with E-state index in [1.807, 2.05) is 6.07 Å². The first-order valence-electron chi connectivity index (χ1n) is 9.83. The average molecular weight is 419 g/mol. The Morgan fingerprint density at radius 2 is 2.00 bits per heavy atom. The number of benzene rings is 1. The molecule has 0 aliphatic carbocycles. The van der Waals surface area contributed by atoms with E-state index in [0.29, 0.717) is 22.5 Å². The van der Waals surface area contributed by atoms with Crippen LogP contribution in [0.4, 0.5) is 8.78 Å². The largest absolute Gasteiger partial charge is 0.308 e. The van der Waals surface area contributed by atoms with E-state index in [1.54, 1.807) is 42.5 Å². The van der Waals surface area contributed by atoms with Gasteiger partial charge in [-0.15, -0.1) is 0 Å². The molecule has 0 N–H and O–H groups in total. The lowest BCUT2D eigenvalue weighted by Gasteiger charge is -2.39. The van der Waals surface area contributed by atoms with Crippen molar-refractivity contribution in [3.8, 4) is 17.5 Å². The van der Waals surface area contributed by atoms with Gasteiger partial charge in [-0.3, -0.25) is 9.78 Å². The first kappa shape index (κ1) is 20.5. The number of likely N-dealkylation sites (tertiary alicyclic amines) is 1. The van der Waals surface area contributed by atoms with E-state index in [0.717, 1.165) is 4.90 Å². The molecule has 0 radical (unpaired) electrons. The zero-order chi connectivity index (χ0) is 21.8. The van der Waals surface area contributed by atoms with Gasteiger partial charge in [-0.1, -0.05) is 12.1 Å². The fourth-order valence-electron chi connectivity index (χ4n) is 3.79. The molecule has 2 unspecified atom stereocenters. The van der Waals surface area contributed by atoms with Crippen LogP contribution in [0.25, 0.3) is 11.4 Å². The lowest BCUT2D eigenvalue weighted by atomic mass is 9.86. The van der Waals surface area contributed by atoms with Gasteiger partial charge in [0.1, 0.15) is 17.7 Å². The third-order valence-corrected chi connectivity index (χ3v) is 5.40. The second-order valence-electron chi connectivity index (χ2n) is 7.52. The Morgan fingerprint density at radius 3 is 2.68 bits per heavy atom. The molecule has 0 saturated carbocycles. The maximum Gasteiger partial charge on any atom is 0.258 e. The number of piperidine rings is 1. The molecule has 0 spiro atoms. The van der Waals surface area contributed by atoms with Crippen LogP contribution in [0, 0.1) is 11.3 Å². The molecule has 4 rings (SSSR count). The smallest absolute Gasteiger partial charge is 0.258 e. The van der Waals surface area contributed by atoms with Gasteiger partial charge in [-0.05, 0) is 42.3 Å². The molecule has 2 aromatic heterocycles. The minimum Gasteiger partial charge on any atom is -0.308 e. The number of aromatic nitrogens is 3. The van der Waals surface area contributed by atoms with Crippen LogP contribution >= 0.6 is 0 Å². The lowest BCUT2D eigenvalue weighted by Crippen LogP contribution is -2.50. The van der Waals surface area contributed by atoms with Crippen molar-refractivity contribution in [2.24, 2.45) is 0 Å². The summed E-state index contributed by atoms with van der Waals surface area (Å²) >= 11 is 0. The standard InChI is InChI=1S/C23H19F2N5O/c24-20-13-23(25,12-16-3-5-17(14-26)6-4-16)8-11-30(20)22(31)18-2-1-9-28-21(18)19-7-10-27-15-29-19/h1-7,9-10,15,20H,8,11-13H2. The summed E-state index contributed by atoms with van der Waals surface area (Å²) in [6.07, 6.45) is 2.28. The zero-order valence-corrected chi connectivity index (χ0v) is 16.6. The minimum atomic E-state index is -1.77. The maximum absolute atomic E-state index is 15.4. The third-order valence-electron chi connectivity index (χ3n) is 5.40. The van der Waals surface area contributed by atoms with Crippen LogP contribution in [0.3, 0.4) is 0 Å². The molecule has 2 atom stereocenters. The molecule has 31 heavy (non-hydrogen) atoms. The van der Waals surface area contributed by atoms with E-state index in [4.69, 9.17) is 5.26 Å². The number of rotatable bonds is 4. The number of nitriles is 1. The predicted octanol–water partition coefficient (Wildman–Crippen LogP) is 3.89. The molecule has 0 bridgehead atoms. The Labute approximate surface area is 178 Å². The van der Waals surface area contributed by atoms with Gasteiger partial charge in [0.05, 0.1) is 22.9 Å². The van der Waals surface area contributed by atoms with Crippen LogP contribution in [0.5, 0.6) is 0 Å². The Balaban J connectivity index is 1.50. The summed E-state index contributed by atoms with van der Waals surface area (Å²) in [5.41, 5.74) is 0.392. The van der Waals surface area contributed by atoms with E-state index in [-0.39, 0.29) is 24.9 Å². The van der Waals surface area contributed by atoms with Crippen molar-refractivity contribution in [3.63, 3.8) is 0 Å². The quantitative estimate of drug-likeness (QED) is 0.599. The number of pyridine rings is 1. The Morgan fingerprint density at radius 1 is 1.19 bits per heavy atom. The number of nitrogens with zero attached hydrogens (tertiary/aromatic N) is 5. The first-order valence-corrected chi connectivity index (χ1v) is 9.83. The van der Waals surface area contributed by atoms with Crippen LogP contribution < -0.4 is 0 Å². The molecule has 156 valence electrons. The highest BCUT2D eigenvalue weighted by molar-refractivity contribution is 5.99. The van der Waals surface area contributed by atoms with Gasteiger partial charge in [-0.25, -0.2) is 18.7 Å². The van der Waals surface area contributed by atoms with Crippen LogP contribution in [-0.4, -0.2) is 44.3 Å². The van der Waals surface area contributed by atoms with Gasteiger partial charge in [0.25, 0.3) is 5.91 Å². The topological polar surface area (TPSA) is 82.8 Å². The number of amides is 1. The van der Waals surface area contributed by atoms with E-state index < -0.39 is 24.3 Å². The van der Waals surface area contributed by atoms with Gasteiger partial charge in [0.2, 0.25) is 0 Å². The summed E-state index contributed by atoms with van der Waals surface area (Å²) in [6, 6.07) is 13.4. The van der Waals surface area contributed by atoms with Crippen molar-refractivity contribution in [2.45, 2.75) is 31.2 Å². The molecule has 1 fully saturated rings. The van der Waals surface area contributed by atoms with Crippen molar-refractivity contribution >= 4 is 5.91 Å². The number of alkyl halides is 2. The van der Waals surface area contributed by atoms with Crippen molar-refractivity contribution in [2.75, 3.05) is 6.54 Å². The van der Waals surface area contributed by atoms with E-state index >= 15 is 8.78 Å². The van der Waals surface area contributed by atoms with Crippen LogP contribution in [-0.2, 0) is 6.42 Å². The molecule has 1 saturated heterocycles. The summed E-state index contributed by atoms with van der Waals surface area (Å²) in [7, 11) is 0. The fourth-order valence-corrected chi connectivity index (χ4v) is 3.79. The Kier molecular flexibility index (Phi) is 5.67. The van der Waals surface area contributed by atoms with E-state index in [2.05, 4.69) is 15.0 Å². The number of carbonyl (C=O) groups is 1. The fraction of sp³-hybridized carbons (Fsp3) is 0.261. The summed E-state index contributed by atoms with van der Waals surface area (Å²) < 4.78 is 30.4. The van der Waals surface area contributed by atoms with Crippen molar-refractivity contribution in [3.05, 3.63) is 77.9 Å². The number of carbonyl (C=O) groups excluding carboxylic acids is 1. The van der Waals surface area contributed by atoms with Gasteiger partial charge >= 0.3 is 0 Å². The highest BCUT2D eigenvalue weighted by Crippen LogP contribution is 2.35. The molecule has 6 nitrogen and oxygen atoms in total. The summed E-state index contributed by atoms with van der Waals surface area (Å²) in [5.74, 6) is -0.547.